The highest BCUT2D eigenvalue weighted by Gasteiger charge is 2.38. The second kappa shape index (κ2) is 8.39. The van der Waals surface area contributed by atoms with Crippen molar-refractivity contribution in [3.63, 3.8) is 0 Å². The lowest BCUT2D eigenvalue weighted by Gasteiger charge is -2.45. The summed E-state index contributed by atoms with van der Waals surface area (Å²) < 4.78 is 38.8. The molecular formula is C23H19F3N6O2. The van der Waals surface area contributed by atoms with Gasteiger partial charge in [0.05, 0.1) is 28.6 Å². The van der Waals surface area contributed by atoms with Gasteiger partial charge in [-0.15, -0.1) is 0 Å². The van der Waals surface area contributed by atoms with Crippen molar-refractivity contribution in [2.75, 3.05) is 23.3 Å². The second-order valence-corrected chi connectivity index (χ2v) is 8.30. The van der Waals surface area contributed by atoms with Gasteiger partial charge in [-0.2, -0.15) is 18.4 Å². The number of nitrogens with one attached hydrogen (secondary N) is 1. The average Bonchev–Trinajstić information content (AvgIpc) is 2.77. The average molecular weight is 468 g/mol. The van der Waals surface area contributed by atoms with Crippen LogP contribution in [0.15, 0.2) is 42.9 Å². The van der Waals surface area contributed by atoms with E-state index in [0.717, 1.165) is 12.3 Å². The van der Waals surface area contributed by atoms with Crippen molar-refractivity contribution in [2.45, 2.75) is 25.6 Å². The molecule has 0 bridgehead atoms. The first kappa shape index (κ1) is 23.1. The molecule has 0 atom stereocenters. The number of pyridine rings is 3. The monoisotopic (exact) mass is 468 g/mol. The lowest BCUT2D eigenvalue weighted by atomic mass is 9.96. The topological polar surface area (TPSA) is 115 Å². The van der Waals surface area contributed by atoms with E-state index in [1.165, 1.54) is 6.20 Å². The summed E-state index contributed by atoms with van der Waals surface area (Å²) in [6.45, 7) is 4.16. The molecule has 3 aromatic heterocycles. The number of rotatable bonds is 4. The minimum absolute atomic E-state index is 0.242. The van der Waals surface area contributed by atoms with Gasteiger partial charge >= 0.3 is 6.18 Å². The van der Waals surface area contributed by atoms with E-state index < -0.39 is 23.2 Å². The van der Waals surface area contributed by atoms with Gasteiger partial charge < -0.3 is 15.3 Å². The molecule has 1 amide bonds. The summed E-state index contributed by atoms with van der Waals surface area (Å²) in [6.07, 6.45) is -0.739. The smallest absolute Gasteiger partial charge is 0.386 e. The molecule has 1 fully saturated rings. The van der Waals surface area contributed by atoms with Crippen molar-refractivity contribution >= 4 is 17.4 Å². The zero-order valence-electron chi connectivity index (χ0n) is 18.2. The third kappa shape index (κ3) is 4.67. The van der Waals surface area contributed by atoms with Gasteiger partial charge in [0.25, 0.3) is 5.91 Å². The molecule has 3 aromatic rings. The van der Waals surface area contributed by atoms with E-state index >= 15 is 0 Å². The Bertz CT molecular complexity index is 1310. The molecule has 0 spiro atoms. The van der Waals surface area contributed by atoms with Gasteiger partial charge in [-0.1, -0.05) is 0 Å². The van der Waals surface area contributed by atoms with Crippen LogP contribution in [0.5, 0.6) is 0 Å². The summed E-state index contributed by atoms with van der Waals surface area (Å²) in [5, 5.41) is 22.1. The van der Waals surface area contributed by atoms with E-state index in [0.29, 0.717) is 47.4 Å². The molecule has 34 heavy (non-hydrogen) atoms. The predicted octanol–water partition coefficient (Wildman–Crippen LogP) is 3.56. The maximum absolute atomic E-state index is 12.9. The fourth-order valence-electron chi connectivity index (χ4n) is 3.68. The van der Waals surface area contributed by atoms with Gasteiger partial charge in [0.2, 0.25) is 0 Å². The van der Waals surface area contributed by atoms with Crippen LogP contribution >= 0.6 is 0 Å². The number of hydrogen-bond acceptors (Lipinski definition) is 7. The molecule has 0 radical (unpaired) electrons. The maximum atomic E-state index is 12.9. The van der Waals surface area contributed by atoms with Crippen molar-refractivity contribution in [1.82, 2.24) is 15.0 Å². The largest absolute Gasteiger partial charge is 0.416 e. The minimum atomic E-state index is -4.60. The highest BCUT2D eigenvalue weighted by molar-refractivity contribution is 6.03. The van der Waals surface area contributed by atoms with E-state index in [1.54, 1.807) is 37.1 Å². The normalized spacial score (nSPS) is 14.8. The van der Waals surface area contributed by atoms with Crippen LogP contribution < -0.4 is 10.2 Å². The fraction of sp³-hybridized carbons (Fsp3) is 0.261. The molecule has 11 heteroatoms. The number of carbonyl (C=O) groups is 1. The number of β-amino-alcohol motifs (C(OH)–C–C–N with tert-alkyl or cyclic N) is 1. The molecule has 1 aliphatic heterocycles. The molecule has 4 rings (SSSR count). The van der Waals surface area contributed by atoms with E-state index in [-0.39, 0.29) is 11.4 Å². The quantitative estimate of drug-likeness (QED) is 0.602. The number of aromatic nitrogens is 3. The highest BCUT2D eigenvalue weighted by Crippen LogP contribution is 2.32. The van der Waals surface area contributed by atoms with Gasteiger partial charge in [-0.05, 0) is 38.1 Å². The maximum Gasteiger partial charge on any atom is 0.416 e. The Kier molecular flexibility index (Phi) is 5.70. The number of halogens is 3. The Morgan fingerprint density at radius 1 is 1.21 bits per heavy atom. The number of amides is 1. The lowest BCUT2D eigenvalue weighted by molar-refractivity contribution is -0.137. The number of carbonyl (C=O) groups excluding carboxylic acids is 1. The number of aliphatic hydroxyl groups is 1. The van der Waals surface area contributed by atoms with Gasteiger partial charge in [0.15, 0.2) is 0 Å². The second-order valence-electron chi connectivity index (χ2n) is 8.30. The summed E-state index contributed by atoms with van der Waals surface area (Å²) in [4.78, 5) is 26.6. The number of nitriles is 1. The molecule has 1 saturated heterocycles. The van der Waals surface area contributed by atoms with Gasteiger partial charge in [0.1, 0.15) is 17.6 Å². The predicted molar refractivity (Wildman–Crippen MR) is 117 cm³/mol. The van der Waals surface area contributed by atoms with Crippen LogP contribution in [0.3, 0.4) is 0 Å². The van der Waals surface area contributed by atoms with Crippen LogP contribution in [0.4, 0.5) is 24.7 Å². The third-order valence-electron chi connectivity index (χ3n) is 5.33. The minimum Gasteiger partial charge on any atom is -0.386 e. The Balaban J connectivity index is 1.59. The Morgan fingerprint density at radius 3 is 2.59 bits per heavy atom. The zero-order valence-corrected chi connectivity index (χ0v) is 18.2. The summed E-state index contributed by atoms with van der Waals surface area (Å²) >= 11 is 0. The van der Waals surface area contributed by atoms with Gasteiger partial charge in [-0.3, -0.25) is 14.8 Å². The standard InChI is InChI=1S/C23H19F3N6O2/c1-13-18(15-5-14(8-27)20(30-9-15)32-11-22(2,34)12-32)7-17(10-29-13)31-21(33)19-6-16(3-4-28-19)23(24,25)26/h3-7,9-10,34H,11-12H2,1-2H3,(H,31,33). The molecule has 0 aliphatic carbocycles. The number of hydrogen-bond donors (Lipinski definition) is 2. The fourth-order valence-corrected chi connectivity index (χ4v) is 3.68. The summed E-state index contributed by atoms with van der Waals surface area (Å²) in [5.74, 6) is -0.359. The van der Waals surface area contributed by atoms with E-state index in [2.05, 4.69) is 26.3 Å². The highest BCUT2D eigenvalue weighted by atomic mass is 19.4. The van der Waals surface area contributed by atoms with Crippen LogP contribution in [0.25, 0.3) is 11.1 Å². The number of alkyl halides is 3. The van der Waals surface area contributed by atoms with Crippen LogP contribution in [0.2, 0.25) is 0 Å². The molecule has 174 valence electrons. The molecule has 0 saturated carbocycles. The van der Waals surface area contributed by atoms with Crippen molar-refractivity contribution in [2.24, 2.45) is 0 Å². The molecule has 0 aromatic carbocycles. The molecule has 1 aliphatic rings. The molecule has 2 N–H and O–H groups in total. The third-order valence-corrected chi connectivity index (χ3v) is 5.33. The first-order chi connectivity index (χ1) is 16.0. The van der Waals surface area contributed by atoms with Crippen LogP contribution in [-0.2, 0) is 6.18 Å². The number of aryl methyl sites for hydroxylation is 1. The number of anilines is 2. The van der Waals surface area contributed by atoms with E-state index in [4.69, 9.17) is 0 Å². The Morgan fingerprint density at radius 2 is 1.94 bits per heavy atom. The van der Waals surface area contributed by atoms with Crippen molar-refractivity contribution in [3.8, 4) is 17.2 Å². The van der Waals surface area contributed by atoms with Crippen molar-refractivity contribution < 1.29 is 23.1 Å². The summed E-state index contributed by atoms with van der Waals surface area (Å²) in [7, 11) is 0. The van der Waals surface area contributed by atoms with Crippen LogP contribution in [0.1, 0.15) is 34.2 Å². The summed E-state index contributed by atoms with van der Waals surface area (Å²) in [5.41, 5.74) is 0.122. The molecule has 0 unspecified atom stereocenters. The SMILES string of the molecule is Cc1ncc(NC(=O)c2cc(C(F)(F)F)ccn2)cc1-c1cnc(N2CC(C)(O)C2)c(C#N)c1. The number of nitrogens with zero attached hydrogens (tertiary/aromatic N) is 5. The summed E-state index contributed by atoms with van der Waals surface area (Å²) in [6, 6.07) is 6.81. The van der Waals surface area contributed by atoms with Crippen molar-refractivity contribution in [1.29, 1.82) is 5.26 Å². The zero-order chi connectivity index (χ0) is 24.7. The van der Waals surface area contributed by atoms with Crippen LogP contribution in [-0.4, -0.2) is 44.7 Å². The molecular weight excluding hydrogens is 449 g/mol. The Hall–Kier alpha value is -4.04. The van der Waals surface area contributed by atoms with E-state index in [9.17, 15) is 28.3 Å². The first-order valence-electron chi connectivity index (χ1n) is 10.2. The lowest BCUT2D eigenvalue weighted by Crippen LogP contribution is -2.60. The molecule has 4 heterocycles. The van der Waals surface area contributed by atoms with Gasteiger partial charge in [-0.25, -0.2) is 4.98 Å². The first-order valence-corrected chi connectivity index (χ1v) is 10.2. The van der Waals surface area contributed by atoms with Crippen molar-refractivity contribution in [3.05, 3.63) is 65.4 Å². The van der Waals surface area contributed by atoms with Crippen LogP contribution in [0, 0.1) is 18.3 Å². The van der Waals surface area contributed by atoms with E-state index in [1.807, 2.05) is 0 Å². The molecule has 8 nitrogen and oxygen atoms in total. The van der Waals surface area contributed by atoms with Gasteiger partial charge in [0, 0.05) is 42.3 Å². The Labute approximate surface area is 192 Å².